The fourth-order valence-corrected chi connectivity index (χ4v) is 3.07. The Labute approximate surface area is 102 Å². The normalized spacial score (nSPS) is 27.9. The molecule has 0 spiro atoms. The first-order valence-corrected chi connectivity index (χ1v) is 7.09. The maximum Gasteiger partial charge on any atom is 0.475 e. The highest BCUT2D eigenvalue weighted by atomic mass is 31.2. The van der Waals surface area contributed by atoms with E-state index in [9.17, 15) is 4.57 Å². The van der Waals surface area contributed by atoms with Crippen LogP contribution in [0, 0.1) is 0 Å². The fraction of sp³-hybridized carbons (Fsp3) is 0.500. The van der Waals surface area contributed by atoms with Gasteiger partial charge in [0.05, 0.1) is 18.8 Å². The highest BCUT2D eigenvalue weighted by Crippen LogP contribution is 2.56. The van der Waals surface area contributed by atoms with Crippen LogP contribution in [0.2, 0.25) is 0 Å². The molecule has 1 heterocycles. The minimum absolute atomic E-state index is 0.230. The van der Waals surface area contributed by atoms with Gasteiger partial charge in [-0.1, -0.05) is 30.3 Å². The lowest BCUT2D eigenvalue weighted by Gasteiger charge is -2.34. The van der Waals surface area contributed by atoms with Gasteiger partial charge in [0.15, 0.2) is 0 Å². The standard InChI is InChI=1S/C12H17O4P/c1-12(2)8-9-14-17(13,16-12)15-10-11-6-4-3-5-7-11/h3-7H,8-10H2,1-2H3. The van der Waals surface area contributed by atoms with Crippen molar-refractivity contribution in [3.05, 3.63) is 35.9 Å². The van der Waals surface area contributed by atoms with E-state index in [0.717, 1.165) is 5.56 Å². The van der Waals surface area contributed by atoms with Crippen LogP contribution in [0.15, 0.2) is 30.3 Å². The molecule has 1 unspecified atom stereocenters. The Hall–Kier alpha value is -0.670. The molecule has 0 N–H and O–H groups in total. The smallest absolute Gasteiger partial charge is 0.287 e. The summed E-state index contributed by atoms with van der Waals surface area (Å²) in [7, 11) is -3.40. The van der Waals surface area contributed by atoms with Gasteiger partial charge < -0.3 is 0 Å². The van der Waals surface area contributed by atoms with E-state index in [0.29, 0.717) is 13.0 Å². The molecule has 1 aliphatic rings. The summed E-state index contributed by atoms with van der Waals surface area (Å²) in [5.41, 5.74) is 0.489. The third kappa shape index (κ3) is 3.65. The van der Waals surface area contributed by atoms with Crippen molar-refractivity contribution < 1.29 is 18.1 Å². The Bertz CT molecular complexity index is 416. The molecule has 94 valence electrons. The molecule has 0 saturated carbocycles. The molecule has 0 radical (unpaired) electrons. The average Bonchev–Trinajstić information content (AvgIpc) is 2.26. The van der Waals surface area contributed by atoms with E-state index < -0.39 is 13.4 Å². The first-order chi connectivity index (χ1) is 7.99. The van der Waals surface area contributed by atoms with Crippen molar-refractivity contribution in [2.24, 2.45) is 0 Å². The number of phosphoric acid groups is 1. The summed E-state index contributed by atoms with van der Waals surface area (Å²) in [5, 5.41) is 0. The van der Waals surface area contributed by atoms with Gasteiger partial charge in [-0.3, -0.25) is 13.6 Å². The highest BCUT2D eigenvalue weighted by Gasteiger charge is 2.39. The van der Waals surface area contributed by atoms with E-state index in [-0.39, 0.29) is 6.61 Å². The van der Waals surface area contributed by atoms with Gasteiger partial charge in [-0.2, -0.15) is 0 Å². The maximum atomic E-state index is 12.2. The SMILES string of the molecule is CC1(C)CCOP(=O)(OCc2ccccc2)O1. The molecule has 0 aliphatic carbocycles. The van der Waals surface area contributed by atoms with Crippen molar-refractivity contribution in [1.29, 1.82) is 0 Å². The first kappa shape index (κ1) is 12.8. The Balaban J connectivity index is 1.96. The molecule has 5 heteroatoms. The predicted molar refractivity (Wildman–Crippen MR) is 64.6 cm³/mol. The van der Waals surface area contributed by atoms with Crippen molar-refractivity contribution in [3.63, 3.8) is 0 Å². The van der Waals surface area contributed by atoms with E-state index in [4.69, 9.17) is 13.6 Å². The van der Waals surface area contributed by atoms with Gasteiger partial charge in [0.1, 0.15) is 0 Å². The van der Waals surface area contributed by atoms with Crippen molar-refractivity contribution in [1.82, 2.24) is 0 Å². The third-order valence-electron chi connectivity index (χ3n) is 2.54. The van der Waals surface area contributed by atoms with E-state index in [2.05, 4.69) is 0 Å². The van der Waals surface area contributed by atoms with Gasteiger partial charge in [0, 0.05) is 6.42 Å². The quantitative estimate of drug-likeness (QED) is 0.776. The van der Waals surface area contributed by atoms with Crippen LogP contribution in [0.3, 0.4) is 0 Å². The number of hydrogen-bond donors (Lipinski definition) is 0. The molecule has 1 saturated heterocycles. The zero-order chi connectivity index (χ0) is 12.4. The summed E-state index contributed by atoms with van der Waals surface area (Å²) in [6, 6.07) is 9.53. The monoisotopic (exact) mass is 256 g/mol. The predicted octanol–water partition coefficient (Wildman–Crippen LogP) is 3.53. The summed E-state index contributed by atoms with van der Waals surface area (Å²) >= 11 is 0. The second-order valence-electron chi connectivity index (χ2n) is 4.64. The molecule has 0 bridgehead atoms. The van der Waals surface area contributed by atoms with Gasteiger partial charge in [-0.15, -0.1) is 0 Å². The van der Waals surface area contributed by atoms with E-state index in [1.807, 2.05) is 44.2 Å². The molecule has 0 amide bonds. The van der Waals surface area contributed by atoms with Crippen LogP contribution in [0.25, 0.3) is 0 Å². The molecule has 17 heavy (non-hydrogen) atoms. The number of phosphoric ester groups is 1. The third-order valence-corrected chi connectivity index (χ3v) is 4.21. The van der Waals surface area contributed by atoms with Crippen molar-refractivity contribution in [3.8, 4) is 0 Å². The summed E-state index contributed by atoms with van der Waals surface area (Å²) in [6.07, 6.45) is 0.714. The van der Waals surface area contributed by atoms with Gasteiger partial charge in [-0.25, -0.2) is 4.57 Å². The molecule has 1 atom stereocenters. The van der Waals surface area contributed by atoms with E-state index >= 15 is 0 Å². The lowest BCUT2D eigenvalue weighted by molar-refractivity contribution is -0.0210. The second kappa shape index (κ2) is 4.91. The van der Waals surface area contributed by atoms with Crippen LogP contribution in [0.4, 0.5) is 0 Å². The van der Waals surface area contributed by atoms with Crippen LogP contribution < -0.4 is 0 Å². The Kier molecular flexibility index (Phi) is 3.69. The Morgan fingerprint density at radius 3 is 2.71 bits per heavy atom. The maximum absolute atomic E-state index is 12.2. The number of rotatable bonds is 3. The topological polar surface area (TPSA) is 44.8 Å². The molecule has 0 aromatic heterocycles. The lowest BCUT2D eigenvalue weighted by atomic mass is 10.1. The van der Waals surface area contributed by atoms with Crippen molar-refractivity contribution in [2.75, 3.05) is 6.61 Å². The minimum Gasteiger partial charge on any atom is -0.287 e. The van der Waals surface area contributed by atoms with Crippen LogP contribution in [-0.2, 0) is 24.7 Å². The Morgan fingerprint density at radius 1 is 1.35 bits per heavy atom. The fourth-order valence-electron chi connectivity index (χ4n) is 1.57. The zero-order valence-electron chi connectivity index (χ0n) is 10.1. The minimum atomic E-state index is -3.40. The summed E-state index contributed by atoms with van der Waals surface area (Å²) in [5.74, 6) is 0. The van der Waals surface area contributed by atoms with E-state index in [1.54, 1.807) is 0 Å². The molecule has 1 aromatic rings. The second-order valence-corrected chi connectivity index (χ2v) is 6.23. The Morgan fingerprint density at radius 2 is 2.06 bits per heavy atom. The summed E-state index contributed by atoms with van der Waals surface area (Å²) < 4.78 is 28.0. The zero-order valence-corrected chi connectivity index (χ0v) is 11.0. The molecular weight excluding hydrogens is 239 g/mol. The molecule has 2 rings (SSSR count). The molecule has 1 aromatic carbocycles. The molecule has 1 fully saturated rings. The molecule has 1 aliphatic heterocycles. The lowest BCUT2D eigenvalue weighted by Crippen LogP contribution is -2.30. The highest BCUT2D eigenvalue weighted by molar-refractivity contribution is 7.48. The first-order valence-electron chi connectivity index (χ1n) is 5.63. The van der Waals surface area contributed by atoms with Crippen LogP contribution in [-0.4, -0.2) is 12.2 Å². The number of hydrogen-bond acceptors (Lipinski definition) is 4. The van der Waals surface area contributed by atoms with Crippen LogP contribution in [0.1, 0.15) is 25.8 Å². The van der Waals surface area contributed by atoms with Crippen LogP contribution >= 0.6 is 7.82 Å². The van der Waals surface area contributed by atoms with E-state index in [1.165, 1.54) is 0 Å². The van der Waals surface area contributed by atoms with Gasteiger partial charge in [0.2, 0.25) is 0 Å². The average molecular weight is 256 g/mol. The van der Waals surface area contributed by atoms with Gasteiger partial charge >= 0.3 is 7.82 Å². The van der Waals surface area contributed by atoms with Crippen LogP contribution in [0.5, 0.6) is 0 Å². The van der Waals surface area contributed by atoms with Gasteiger partial charge in [-0.05, 0) is 19.4 Å². The van der Waals surface area contributed by atoms with Gasteiger partial charge in [0.25, 0.3) is 0 Å². The summed E-state index contributed by atoms with van der Waals surface area (Å²) in [6.45, 7) is 4.40. The molecular formula is C12H17O4P. The van der Waals surface area contributed by atoms with Crippen molar-refractivity contribution >= 4 is 7.82 Å². The summed E-state index contributed by atoms with van der Waals surface area (Å²) in [4.78, 5) is 0. The number of benzene rings is 1. The van der Waals surface area contributed by atoms with Crippen molar-refractivity contribution in [2.45, 2.75) is 32.5 Å². The largest absolute Gasteiger partial charge is 0.475 e. The molecule has 4 nitrogen and oxygen atoms in total.